The molecule has 0 aliphatic heterocycles. The molecule has 0 aliphatic rings. The lowest BCUT2D eigenvalue weighted by Gasteiger charge is -2.23. The van der Waals surface area contributed by atoms with Crippen LogP contribution in [0, 0.1) is 0 Å². The first-order valence-electron chi connectivity index (χ1n) is 9.72. The molecule has 0 saturated heterocycles. The van der Waals surface area contributed by atoms with Gasteiger partial charge in [-0.15, -0.1) is 0 Å². The van der Waals surface area contributed by atoms with Gasteiger partial charge in [0.05, 0.1) is 0 Å². The summed E-state index contributed by atoms with van der Waals surface area (Å²) in [4.78, 5) is 0. The molecule has 0 heterocycles. The van der Waals surface area contributed by atoms with Gasteiger partial charge in [0.1, 0.15) is 8.80 Å². The van der Waals surface area contributed by atoms with Gasteiger partial charge < -0.3 is 0 Å². The summed E-state index contributed by atoms with van der Waals surface area (Å²) >= 11 is 0. The fourth-order valence-corrected chi connectivity index (χ4v) is 9.52. The van der Waals surface area contributed by atoms with E-state index in [1.807, 2.05) is 0 Å². The number of benzene rings is 2. The maximum absolute atomic E-state index is 2.59. The Bertz CT molecular complexity index is 524. The molecular weight excluding hydrogens is 320 g/mol. The molecular formula is C22H34Si2. The average Bonchev–Trinajstić information content (AvgIpc) is 2.61. The van der Waals surface area contributed by atoms with Gasteiger partial charge in [-0.2, -0.15) is 0 Å². The molecule has 0 radical (unpaired) electrons. The molecule has 2 aromatic carbocycles. The maximum atomic E-state index is 2.59. The van der Waals surface area contributed by atoms with Crippen LogP contribution in [0.2, 0.25) is 31.2 Å². The lowest BCUT2D eigenvalue weighted by atomic mass is 10.4. The van der Waals surface area contributed by atoms with Crippen molar-refractivity contribution in [3.63, 3.8) is 0 Å². The molecule has 0 atom stereocenters. The van der Waals surface area contributed by atoms with Gasteiger partial charge in [0.15, 0.2) is 0 Å². The second kappa shape index (κ2) is 10.00. The molecule has 24 heavy (non-hydrogen) atoms. The van der Waals surface area contributed by atoms with Crippen LogP contribution >= 0.6 is 0 Å². The van der Waals surface area contributed by atoms with Crippen LogP contribution in [0.15, 0.2) is 60.7 Å². The molecule has 130 valence electrons. The molecule has 0 aromatic heterocycles. The Kier molecular flexibility index (Phi) is 8.00. The Morgan fingerprint density at radius 3 is 1.71 bits per heavy atom. The van der Waals surface area contributed by atoms with E-state index in [2.05, 4.69) is 80.7 Å². The lowest BCUT2D eigenvalue weighted by molar-refractivity contribution is 0.827. The van der Waals surface area contributed by atoms with Crippen molar-refractivity contribution in [1.82, 2.24) is 0 Å². The van der Waals surface area contributed by atoms with Crippen molar-refractivity contribution in [2.45, 2.75) is 63.8 Å². The summed E-state index contributed by atoms with van der Waals surface area (Å²) in [7, 11) is -1.98. The minimum atomic E-state index is -1.04. The van der Waals surface area contributed by atoms with Crippen LogP contribution in [-0.4, -0.2) is 16.9 Å². The Hall–Kier alpha value is -1.13. The Morgan fingerprint density at radius 2 is 1.21 bits per heavy atom. The normalized spacial score (nSPS) is 11.8. The third kappa shape index (κ3) is 6.41. The summed E-state index contributed by atoms with van der Waals surface area (Å²) < 4.78 is 0. The van der Waals surface area contributed by atoms with Gasteiger partial charge in [0, 0.05) is 8.07 Å². The van der Waals surface area contributed by atoms with E-state index in [-0.39, 0.29) is 0 Å². The SMILES string of the molecule is CCCC[Si](C)(C)CCCC[SiH](c1ccccc1)c1ccccc1. The standard InChI is InChI=1S/C22H34Si2/c1-4-5-19-24(2,3)20-13-12-18-23(21-14-8-6-9-15-21)22-16-10-7-11-17-22/h6-11,14-17,23H,4-5,12-13,18-20H2,1-3H3. The monoisotopic (exact) mass is 354 g/mol. The van der Waals surface area contributed by atoms with Crippen LogP contribution in [0.3, 0.4) is 0 Å². The molecule has 0 unspecified atom stereocenters. The minimum Gasteiger partial charge on any atom is -0.0693 e. The highest BCUT2D eigenvalue weighted by Crippen LogP contribution is 2.22. The molecule has 0 fully saturated rings. The molecule has 0 aliphatic carbocycles. The molecule has 2 heteroatoms. The van der Waals surface area contributed by atoms with E-state index in [1.54, 1.807) is 10.4 Å². The fraction of sp³-hybridized carbons (Fsp3) is 0.455. The maximum Gasteiger partial charge on any atom is 0.103 e. The second-order valence-corrected chi connectivity index (χ2v) is 16.2. The highest BCUT2D eigenvalue weighted by Gasteiger charge is 2.20. The van der Waals surface area contributed by atoms with E-state index >= 15 is 0 Å². The van der Waals surface area contributed by atoms with Crippen molar-refractivity contribution < 1.29 is 0 Å². The topological polar surface area (TPSA) is 0 Å². The first-order valence-corrected chi connectivity index (χ1v) is 15.1. The third-order valence-electron chi connectivity index (χ3n) is 5.21. The first-order chi connectivity index (χ1) is 11.6. The molecule has 0 bridgehead atoms. The van der Waals surface area contributed by atoms with Crippen molar-refractivity contribution in [2.75, 3.05) is 0 Å². The van der Waals surface area contributed by atoms with Crippen molar-refractivity contribution >= 4 is 27.2 Å². The Morgan fingerprint density at radius 1 is 0.708 bits per heavy atom. The highest BCUT2D eigenvalue weighted by molar-refractivity contribution is 6.85. The zero-order chi connectivity index (χ0) is 17.3. The van der Waals surface area contributed by atoms with Gasteiger partial charge in [-0.25, -0.2) is 0 Å². The van der Waals surface area contributed by atoms with Crippen LogP contribution in [0.4, 0.5) is 0 Å². The predicted octanol–water partition coefficient (Wildman–Crippen LogP) is 5.32. The number of hydrogen-bond donors (Lipinski definition) is 0. The minimum absolute atomic E-state index is 0.939. The van der Waals surface area contributed by atoms with Crippen molar-refractivity contribution in [3.8, 4) is 0 Å². The van der Waals surface area contributed by atoms with Gasteiger partial charge >= 0.3 is 0 Å². The summed E-state index contributed by atoms with van der Waals surface area (Å²) in [5, 5.41) is 3.21. The smallest absolute Gasteiger partial charge is 0.0693 e. The summed E-state index contributed by atoms with van der Waals surface area (Å²) in [6, 6.07) is 27.0. The van der Waals surface area contributed by atoms with E-state index in [9.17, 15) is 0 Å². The fourth-order valence-electron chi connectivity index (χ4n) is 3.63. The largest absolute Gasteiger partial charge is 0.103 e. The third-order valence-corrected chi connectivity index (χ3v) is 12.0. The molecule has 0 amide bonds. The Labute approximate surface area is 151 Å². The molecule has 0 saturated carbocycles. The molecule has 0 nitrogen and oxygen atoms in total. The second-order valence-electron chi connectivity index (χ2n) is 7.89. The van der Waals surface area contributed by atoms with Gasteiger partial charge in [-0.3, -0.25) is 0 Å². The predicted molar refractivity (Wildman–Crippen MR) is 115 cm³/mol. The van der Waals surface area contributed by atoms with Crippen LogP contribution in [0.25, 0.3) is 0 Å². The van der Waals surface area contributed by atoms with E-state index in [4.69, 9.17) is 0 Å². The molecule has 2 aromatic rings. The van der Waals surface area contributed by atoms with E-state index in [0.29, 0.717) is 0 Å². The van der Waals surface area contributed by atoms with E-state index < -0.39 is 16.9 Å². The number of hydrogen-bond acceptors (Lipinski definition) is 0. The first kappa shape index (κ1) is 19.2. The molecule has 2 rings (SSSR count). The van der Waals surface area contributed by atoms with E-state index in [1.165, 1.54) is 43.8 Å². The van der Waals surface area contributed by atoms with Gasteiger partial charge in [-0.05, 0) is 0 Å². The molecule has 0 N–H and O–H groups in total. The van der Waals surface area contributed by atoms with Crippen molar-refractivity contribution in [2.24, 2.45) is 0 Å². The summed E-state index contributed by atoms with van der Waals surface area (Å²) in [5.74, 6) is 0. The zero-order valence-electron chi connectivity index (χ0n) is 15.8. The van der Waals surface area contributed by atoms with Crippen LogP contribution < -0.4 is 10.4 Å². The summed E-state index contributed by atoms with van der Waals surface area (Å²) in [6.45, 7) is 7.50. The quantitative estimate of drug-likeness (QED) is 0.400. The highest BCUT2D eigenvalue weighted by atomic mass is 28.3. The van der Waals surface area contributed by atoms with Crippen LogP contribution in [0.5, 0.6) is 0 Å². The van der Waals surface area contributed by atoms with Crippen LogP contribution in [-0.2, 0) is 0 Å². The van der Waals surface area contributed by atoms with Gasteiger partial charge in [0.25, 0.3) is 0 Å². The van der Waals surface area contributed by atoms with Crippen molar-refractivity contribution in [1.29, 1.82) is 0 Å². The molecule has 0 spiro atoms. The van der Waals surface area contributed by atoms with Gasteiger partial charge in [-0.1, -0.05) is 135 Å². The van der Waals surface area contributed by atoms with Gasteiger partial charge in [0.2, 0.25) is 0 Å². The van der Waals surface area contributed by atoms with Crippen LogP contribution in [0.1, 0.15) is 32.6 Å². The Balaban J connectivity index is 1.93. The summed E-state index contributed by atoms with van der Waals surface area (Å²) in [5.41, 5.74) is 0. The zero-order valence-corrected chi connectivity index (χ0v) is 18.0. The number of unbranched alkanes of at least 4 members (excludes halogenated alkanes) is 2. The van der Waals surface area contributed by atoms with Crippen molar-refractivity contribution in [3.05, 3.63) is 60.7 Å². The summed E-state index contributed by atoms with van der Waals surface area (Å²) in [6.07, 6.45) is 5.63. The van der Waals surface area contributed by atoms with E-state index in [0.717, 1.165) is 0 Å². The average molecular weight is 355 g/mol. The lowest BCUT2D eigenvalue weighted by Crippen LogP contribution is -2.41. The number of rotatable bonds is 10.